The topological polar surface area (TPSA) is 89.6 Å². The number of alkyl halides is 4. The van der Waals surface area contributed by atoms with Crippen LogP contribution in [0.15, 0.2) is 24.7 Å². The molecule has 1 fully saturated rings. The first kappa shape index (κ1) is 22.0. The Hall–Kier alpha value is -4.04. The van der Waals surface area contributed by atoms with Gasteiger partial charge in [0.15, 0.2) is 11.6 Å². The second-order valence-electron chi connectivity index (χ2n) is 8.68. The first-order chi connectivity index (χ1) is 19.2. The van der Waals surface area contributed by atoms with E-state index in [1.807, 2.05) is 0 Å². The number of carbonyl (C=O) groups excluding carboxylic acids is 1. The third kappa shape index (κ3) is 4.45. The number of amides is 1. The molecular formula is C23H21F6N7O2. The molecule has 3 aromatic heterocycles. The molecule has 1 aromatic carbocycles. The third-order valence-corrected chi connectivity index (χ3v) is 6.24. The first-order valence-electron chi connectivity index (χ1n) is 12.7. The van der Waals surface area contributed by atoms with Gasteiger partial charge in [0.2, 0.25) is 17.7 Å². The van der Waals surface area contributed by atoms with Crippen LogP contribution in [0.5, 0.6) is 5.88 Å². The Morgan fingerprint density at radius 3 is 2.79 bits per heavy atom. The van der Waals surface area contributed by atoms with Gasteiger partial charge in [0.25, 0.3) is 12.3 Å². The fraction of sp³-hybridized carbons (Fsp3) is 0.391. The van der Waals surface area contributed by atoms with Crippen LogP contribution in [0.1, 0.15) is 17.4 Å². The Kier molecular flexibility index (Phi) is 5.42. The maximum Gasteiger partial charge on any atom is 0.285 e. The van der Waals surface area contributed by atoms with Crippen molar-refractivity contribution < 1.29 is 40.0 Å². The number of nitrogens with zero attached hydrogens (tertiary/aromatic N) is 6. The van der Waals surface area contributed by atoms with Gasteiger partial charge in [0, 0.05) is 17.5 Å². The highest BCUT2D eigenvalue weighted by atomic mass is 19.3. The highest BCUT2D eigenvalue weighted by molar-refractivity contribution is 5.90. The van der Waals surface area contributed by atoms with Crippen LogP contribution in [-0.4, -0.2) is 73.5 Å². The molecule has 4 aromatic rings. The quantitative estimate of drug-likeness (QED) is 0.370. The van der Waals surface area contributed by atoms with Crippen LogP contribution in [0.4, 0.5) is 32.3 Å². The van der Waals surface area contributed by atoms with Crippen LogP contribution in [0.2, 0.25) is 0 Å². The molecule has 0 radical (unpaired) electrons. The number of nitrogens with one attached hydrogen (secondary N) is 1. The number of benzene rings is 1. The minimum Gasteiger partial charge on any atom is -0.479 e. The molecule has 1 atom stereocenters. The van der Waals surface area contributed by atoms with Crippen LogP contribution >= 0.6 is 0 Å². The number of fused-ring (bicyclic) bond motifs is 2. The monoisotopic (exact) mass is 544 g/mol. The van der Waals surface area contributed by atoms with Crippen molar-refractivity contribution in [1.82, 2.24) is 29.0 Å². The molecule has 0 saturated carbocycles. The van der Waals surface area contributed by atoms with E-state index in [-0.39, 0.29) is 46.5 Å². The molecule has 1 amide bonds. The summed E-state index contributed by atoms with van der Waals surface area (Å²) in [6.45, 7) is -5.26. The third-order valence-electron chi connectivity index (χ3n) is 6.24. The van der Waals surface area contributed by atoms with Crippen molar-refractivity contribution in [3.63, 3.8) is 0 Å². The van der Waals surface area contributed by atoms with Crippen molar-refractivity contribution in [1.29, 1.82) is 0 Å². The Morgan fingerprint density at radius 1 is 1.32 bits per heavy atom. The lowest BCUT2D eigenvalue weighted by atomic mass is 10.0. The molecule has 202 valence electrons. The number of piperidine rings is 1. The summed E-state index contributed by atoms with van der Waals surface area (Å²) in [6.07, 6.45) is -1.19. The molecule has 9 nitrogen and oxygen atoms in total. The lowest BCUT2D eigenvalue weighted by Crippen LogP contribution is -2.55. The summed E-state index contributed by atoms with van der Waals surface area (Å²) >= 11 is 0. The minimum absolute atomic E-state index is 0.0113. The fourth-order valence-electron chi connectivity index (χ4n) is 4.51. The summed E-state index contributed by atoms with van der Waals surface area (Å²) in [6, 6.07) is 0.616. The van der Waals surface area contributed by atoms with Gasteiger partial charge in [-0.05, 0) is 24.1 Å². The Morgan fingerprint density at radius 2 is 2.11 bits per heavy atom. The largest absolute Gasteiger partial charge is 0.479 e. The molecule has 5 rings (SSSR count). The number of anilines is 1. The van der Waals surface area contributed by atoms with Gasteiger partial charge >= 0.3 is 0 Å². The maximum atomic E-state index is 15.3. The summed E-state index contributed by atoms with van der Waals surface area (Å²) in [7, 11) is 1.18. The molecule has 0 bridgehead atoms. The average molecular weight is 544 g/mol. The number of imidazole rings is 1. The van der Waals surface area contributed by atoms with E-state index >= 15 is 4.39 Å². The van der Waals surface area contributed by atoms with Gasteiger partial charge in [-0.2, -0.15) is 4.98 Å². The van der Waals surface area contributed by atoms with Crippen molar-refractivity contribution in [2.24, 2.45) is 0 Å². The Balaban J connectivity index is 1.50. The zero-order valence-electron chi connectivity index (χ0n) is 22.6. The molecule has 0 unspecified atom stereocenters. The highest BCUT2D eigenvalue weighted by Crippen LogP contribution is 2.37. The average Bonchev–Trinajstić information content (AvgIpc) is 3.43. The van der Waals surface area contributed by atoms with Gasteiger partial charge < -0.3 is 19.5 Å². The van der Waals surface area contributed by atoms with Gasteiger partial charge in [-0.15, -0.1) is 5.10 Å². The zero-order chi connectivity index (χ0) is 29.9. The van der Waals surface area contributed by atoms with Crippen LogP contribution < -0.4 is 10.1 Å². The second-order valence-corrected chi connectivity index (χ2v) is 8.68. The SMILES string of the molecule is [2H]C([2H])([2H])C(=O)N1CC[C@@H](Nc2nc(OC)c3c(-c4cc(F)c5ncn(CC(F)F)c5c4)c(F)cn3n2)C(F)(F)C1. The predicted octanol–water partition coefficient (Wildman–Crippen LogP) is 3.97. The number of likely N-dealkylation sites (tertiary alicyclic amines) is 1. The van der Waals surface area contributed by atoms with Crippen LogP contribution in [-0.2, 0) is 11.3 Å². The number of carbonyl (C=O) groups is 1. The van der Waals surface area contributed by atoms with Crippen molar-refractivity contribution >= 4 is 28.4 Å². The van der Waals surface area contributed by atoms with Crippen molar-refractivity contribution in [3.05, 3.63) is 36.3 Å². The number of rotatable bonds is 6. The van der Waals surface area contributed by atoms with E-state index < -0.39 is 61.8 Å². The smallest absolute Gasteiger partial charge is 0.285 e. The lowest BCUT2D eigenvalue weighted by Gasteiger charge is -2.38. The number of methoxy groups -OCH3 is 1. The van der Waals surface area contributed by atoms with Gasteiger partial charge in [-0.25, -0.2) is 35.8 Å². The van der Waals surface area contributed by atoms with Gasteiger partial charge in [-0.1, -0.05) is 0 Å². The Labute approximate surface area is 215 Å². The van der Waals surface area contributed by atoms with Crippen LogP contribution in [0.3, 0.4) is 0 Å². The van der Waals surface area contributed by atoms with Gasteiger partial charge in [0.05, 0.1) is 49.8 Å². The molecule has 15 heteroatoms. The van der Waals surface area contributed by atoms with E-state index in [9.17, 15) is 26.7 Å². The van der Waals surface area contributed by atoms with Crippen LogP contribution in [0.25, 0.3) is 27.7 Å². The van der Waals surface area contributed by atoms with E-state index in [0.717, 1.165) is 27.7 Å². The molecule has 1 aliphatic heterocycles. The number of hydrogen-bond acceptors (Lipinski definition) is 6. The summed E-state index contributed by atoms with van der Waals surface area (Å²) in [5, 5.41) is 6.48. The van der Waals surface area contributed by atoms with Gasteiger partial charge in [0.1, 0.15) is 11.0 Å². The second kappa shape index (κ2) is 9.36. The molecule has 1 aliphatic rings. The molecule has 0 aliphatic carbocycles. The van der Waals surface area contributed by atoms with Crippen LogP contribution in [0, 0.1) is 11.6 Å². The number of aromatic nitrogens is 5. The van der Waals surface area contributed by atoms with Crippen molar-refractivity contribution in [2.45, 2.75) is 38.2 Å². The molecule has 1 N–H and O–H groups in total. The summed E-state index contributed by atoms with van der Waals surface area (Å²) in [5.41, 5.74) is -0.602. The molecule has 0 spiro atoms. The summed E-state index contributed by atoms with van der Waals surface area (Å²) in [5.74, 6) is -7.46. The first-order valence-corrected chi connectivity index (χ1v) is 11.2. The number of ether oxygens (including phenoxy) is 1. The van der Waals surface area contributed by atoms with E-state index in [1.165, 1.54) is 13.2 Å². The fourth-order valence-corrected chi connectivity index (χ4v) is 4.51. The number of hydrogen-bond donors (Lipinski definition) is 1. The summed E-state index contributed by atoms with van der Waals surface area (Å²) < 4.78 is 115. The van der Waals surface area contributed by atoms with Gasteiger partial charge in [-0.3, -0.25) is 4.79 Å². The standard InChI is InChI=1S/C23H21F6N7O2/c1-11(37)34-4-3-16(23(28,29)9-34)31-22-32-21(38-2)20-18(14(25)7-36(20)33-22)12-5-13(24)19-15(6-12)35(10-30-19)8-17(26)27/h5-7,10,16-17H,3-4,8-9H2,1-2H3,(H,31,33)/t16-/m1/s1/i1D3. The highest BCUT2D eigenvalue weighted by Gasteiger charge is 2.46. The minimum atomic E-state index is -3.58. The van der Waals surface area contributed by atoms with Crippen molar-refractivity contribution in [2.75, 3.05) is 25.5 Å². The normalized spacial score (nSPS) is 19.0. The molecular weight excluding hydrogens is 520 g/mol. The molecule has 4 heterocycles. The summed E-state index contributed by atoms with van der Waals surface area (Å²) in [4.78, 5) is 20.4. The van der Waals surface area contributed by atoms with Crippen molar-refractivity contribution in [3.8, 4) is 17.0 Å². The van der Waals surface area contributed by atoms with E-state index in [2.05, 4.69) is 20.4 Å². The maximum absolute atomic E-state index is 15.3. The van der Waals surface area contributed by atoms with E-state index in [1.54, 1.807) is 0 Å². The predicted molar refractivity (Wildman–Crippen MR) is 123 cm³/mol. The molecule has 38 heavy (non-hydrogen) atoms. The number of halogens is 6. The van der Waals surface area contributed by atoms with E-state index in [0.29, 0.717) is 4.90 Å². The zero-order valence-corrected chi connectivity index (χ0v) is 19.6. The lowest BCUT2D eigenvalue weighted by molar-refractivity contribution is -0.140. The Bertz CT molecular complexity index is 1640. The molecule has 1 saturated heterocycles. The van der Waals surface area contributed by atoms with E-state index in [4.69, 9.17) is 8.85 Å².